The van der Waals surface area contributed by atoms with Gasteiger partial charge < -0.3 is 29.1 Å². The van der Waals surface area contributed by atoms with Crippen molar-refractivity contribution >= 4 is 27.5 Å². The van der Waals surface area contributed by atoms with Gasteiger partial charge in [0, 0.05) is 56.3 Å². The van der Waals surface area contributed by atoms with Gasteiger partial charge in [0.15, 0.2) is 0 Å². The molecule has 3 aromatic rings. The number of rotatable bonds is 9. The molecule has 13 heteroatoms. The molecule has 1 aliphatic rings. The van der Waals surface area contributed by atoms with E-state index in [1.807, 2.05) is 13.8 Å². The number of fused-ring (bicyclic) bond motifs is 1. The standard InChI is InChI=1S/C35H46N4O8S/c1-24-21-39(25(2)23-40)35(42)31-20-28(37-48(43,44)30-12-10-29(45-5)11-13-30)9-14-32(31)47-26(3)8-6-7-19-46-33(24)22-38(4)34(41)27-15-17-36-18-16-27/h9-18,20,24-26,33,37,40H,6-8,19,21-23H2,1-5H3/t24-,25+,26-,33-/m0/s1. The van der Waals surface area contributed by atoms with E-state index in [4.69, 9.17) is 14.2 Å². The Morgan fingerprint density at radius 3 is 2.50 bits per heavy atom. The highest BCUT2D eigenvalue weighted by molar-refractivity contribution is 7.92. The van der Waals surface area contributed by atoms with Crippen LogP contribution in [-0.4, -0.2) is 98.8 Å². The summed E-state index contributed by atoms with van der Waals surface area (Å²) in [6.07, 6.45) is 4.75. The minimum atomic E-state index is -3.99. The Balaban J connectivity index is 1.65. The highest BCUT2D eigenvalue weighted by atomic mass is 32.2. The van der Waals surface area contributed by atoms with Crippen molar-refractivity contribution in [2.24, 2.45) is 5.92 Å². The van der Waals surface area contributed by atoms with Gasteiger partial charge in [0.25, 0.3) is 21.8 Å². The average Bonchev–Trinajstić information content (AvgIpc) is 3.09. The summed E-state index contributed by atoms with van der Waals surface area (Å²) < 4.78 is 46.8. The van der Waals surface area contributed by atoms with Gasteiger partial charge in [-0.1, -0.05) is 6.92 Å². The van der Waals surface area contributed by atoms with Crippen LogP contribution in [0.15, 0.2) is 71.9 Å². The minimum absolute atomic E-state index is 0.0300. The van der Waals surface area contributed by atoms with Gasteiger partial charge >= 0.3 is 0 Å². The number of carbonyl (C=O) groups excluding carboxylic acids is 2. The van der Waals surface area contributed by atoms with Crippen molar-refractivity contribution in [3.63, 3.8) is 0 Å². The van der Waals surface area contributed by atoms with E-state index in [0.717, 1.165) is 12.8 Å². The molecule has 2 N–H and O–H groups in total. The van der Waals surface area contributed by atoms with E-state index < -0.39 is 28.1 Å². The molecule has 0 bridgehead atoms. The summed E-state index contributed by atoms with van der Waals surface area (Å²) in [7, 11) is -0.784. The molecule has 1 aliphatic heterocycles. The molecule has 0 aliphatic carbocycles. The second-order valence-corrected chi connectivity index (χ2v) is 13.9. The van der Waals surface area contributed by atoms with Crippen LogP contribution in [0.25, 0.3) is 0 Å². The van der Waals surface area contributed by atoms with Crippen LogP contribution in [0.4, 0.5) is 5.69 Å². The van der Waals surface area contributed by atoms with Crippen molar-refractivity contribution in [2.45, 2.75) is 63.2 Å². The third kappa shape index (κ3) is 9.45. The molecule has 260 valence electrons. The third-order valence-corrected chi connectivity index (χ3v) is 9.80. The first kappa shape index (κ1) is 36.6. The summed E-state index contributed by atoms with van der Waals surface area (Å²) in [5.74, 6) is -0.0279. The number of likely N-dealkylation sites (N-methyl/N-ethyl adjacent to an activating group) is 1. The summed E-state index contributed by atoms with van der Waals surface area (Å²) in [6.45, 7) is 6.24. The first-order valence-electron chi connectivity index (χ1n) is 16.1. The van der Waals surface area contributed by atoms with E-state index in [-0.39, 0.29) is 53.8 Å². The number of hydrogen-bond donors (Lipinski definition) is 2. The summed E-state index contributed by atoms with van der Waals surface area (Å²) in [5.41, 5.74) is 0.844. The van der Waals surface area contributed by atoms with Crippen molar-refractivity contribution in [3.8, 4) is 11.5 Å². The number of hydrogen-bond acceptors (Lipinski definition) is 9. The number of benzene rings is 2. The zero-order valence-electron chi connectivity index (χ0n) is 28.2. The molecule has 4 atom stereocenters. The molecule has 12 nitrogen and oxygen atoms in total. The molecule has 0 unspecified atom stereocenters. The zero-order chi connectivity index (χ0) is 34.8. The molecule has 0 spiro atoms. The van der Waals surface area contributed by atoms with E-state index in [1.54, 1.807) is 72.6 Å². The number of carbonyl (C=O) groups is 2. The summed E-state index contributed by atoms with van der Waals surface area (Å²) in [5, 5.41) is 10.2. The topological polar surface area (TPSA) is 148 Å². The largest absolute Gasteiger partial charge is 0.497 e. The molecular weight excluding hydrogens is 636 g/mol. The van der Waals surface area contributed by atoms with Crippen LogP contribution in [-0.2, 0) is 14.8 Å². The van der Waals surface area contributed by atoms with E-state index >= 15 is 0 Å². The molecule has 0 fully saturated rings. The van der Waals surface area contributed by atoms with Gasteiger partial charge in [-0.3, -0.25) is 19.3 Å². The van der Waals surface area contributed by atoms with Gasteiger partial charge in [-0.2, -0.15) is 0 Å². The lowest BCUT2D eigenvalue weighted by Crippen LogP contribution is -2.48. The molecule has 2 heterocycles. The molecule has 0 saturated carbocycles. The third-order valence-electron chi connectivity index (χ3n) is 8.40. The highest BCUT2D eigenvalue weighted by Gasteiger charge is 2.31. The lowest BCUT2D eigenvalue weighted by atomic mass is 10.0. The number of ether oxygens (including phenoxy) is 3. The van der Waals surface area contributed by atoms with Crippen molar-refractivity contribution in [1.29, 1.82) is 0 Å². The SMILES string of the molecule is COc1ccc(S(=O)(=O)Nc2ccc3c(c2)C(=O)N([C@H](C)CO)C[C@H](C)[C@H](CN(C)C(=O)c2ccncc2)OCCCC[C@H](C)O3)cc1. The maximum Gasteiger partial charge on any atom is 0.261 e. The Morgan fingerprint density at radius 1 is 1.12 bits per heavy atom. The molecule has 0 saturated heterocycles. The number of methoxy groups -OCH3 is 1. The van der Waals surface area contributed by atoms with Crippen molar-refractivity contribution in [2.75, 3.05) is 45.2 Å². The van der Waals surface area contributed by atoms with Crippen LogP contribution in [0.2, 0.25) is 0 Å². The summed E-state index contributed by atoms with van der Waals surface area (Å²) >= 11 is 0. The Kier molecular flexibility index (Phi) is 12.8. The van der Waals surface area contributed by atoms with Crippen LogP contribution >= 0.6 is 0 Å². The van der Waals surface area contributed by atoms with Crippen molar-refractivity contribution in [3.05, 3.63) is 78.1 Å². The normalized spacial score (nSPS) is 20.1. The van der Waals surface area contributed by atoms with Gasteiger partial charge in [-0.25, -0.2) is 8.42 Å². The summed E-state index contributed by atoms with van der Waals surface area (Å²) in [6, 6.07) is 13.3. The molecule has 2 amide bonds. The minimum Gasteiger partial charge on any atom is -0.497 e. The first-order valence-corrected chi connectivity index (χ1v) is 17.6. The number of nitrogens with one attached hydrogen (secondary N) is 1. The number of pyridine rings is 1. The maximum absolute atomic E-state index is 14.4. The maximum atomic E-state index is 14.4. The smallest absolute Gasteiger partial charge is 0.261 e. The number of aliphatic hydroxyl groups excluding tert-OH is 1. The van der Waals surface area contributed by atoms with Gasteiger partial charge in [-0.15, -0.1) is 0 Å². The fourth-order valence-corrected chi connectivity index (χ4v) is 6.53. The lowest BCUT2D eigenvalue weighted by molar-refractivity contribution is -0.0149. The van der Waals surface area contributed by atoms with Crippen molar-refractivity contribution < 1.29 is 37.3 Å². The summed E-state index contributed by atoms with van der Waals surface area (Å²) in [4.78, 5) is 34.7. The van der Waals surface area contributed by atoms with Crippen LogP contribution in [0.5, 0.6) is 11.5 Å². The van der Waals surface area contributed by atoms with Crippen molar-refractivity contribution in [1.82, 2.24) is 14.8 Å². The number of anilines is 1. The van der Waals surface area contributed by atoms with E-state index in [2.05, 4.69) is 9.71 Å². The van der Waals surface area contributed by atoms with Gasteiger partial charge in [0.2, 0.25) is 0 Å². The Bertz CT molecular complexity index is 1620. The van der Waals surface area contributed by atoms with E-state index in [1.165, 1.54) is 25.3 Å². The van der Waals surface area contributed by atoms with Crippen LogP contribution in [0, 0.1) is 5.92 Å². The molecule has 1 aromatic heterocycles. The fourth-order valence-electron chi connectivity index (χ4n) is 5.49. The monoisotopic (exact) mass is 682 g/mol. The highest BCUT2D eigenvalue weighted by Crippen LogP contribution is 2.30. The predicted molar refractivity (Wildman–Crippen MR) is 182 cm³/mol. The van der Waals surface area contributed by atoms with Gasteiger partial charge in [0.05, 0.1) is 42.4 Å². The second kappa shape index (κ2) is 16.8. The number of amides is 2. The zero-order valence-corrected chi connectivity index (χ0v) is 29.0. The number of nitrogens with zero attached hydrogens (tertiary/aromatic N) is 3. The molecule has 48 heavy (non-hydrogen) atoms. The average molecular weight is 683 g/mol. The van der Waals surface area contributed by atoms with Gasteiger partial charge in [-0.05, 0) is 87.7 Å². The van der Waals surface area contributed by atoms with E-state index in [9.17, 15) is 23.1 Å². The Hall–Kier alpha value is -4.20. The second-order valence-electron chi connectivity index (χ2n) is 12.2. The Morgan fingerprint density at radius 2 is 1.83 bits per heavy atom. The molecule has 0 radical (unpaired) electrons. The van der Waals surface area contributed by atoms with Crippen LogP contribution in [0.3, 0.4) is 0 Å². The Labute approximate surface area is 283 Å². The molecular formula is C35H46N4O8S. The number of aromatic nitrogens is 1. The molecule has 4 rings (SSSR count). The van der Waals surface area contributed by atoms with E-state index in [0.29, 0.717) is 30.1 Å². The first-order chi connectivity index (χ1) is 22.9. The quantitative estimate of drug-likeness (QED) is 0.334. The van der Waals surface area contributed by atoms with Crippen LogP contribution in [0.1, 0.15) is 60.7 Å². The number of sulfonamides is 1. The predicted octanol–water partition coefficient (Wildman–Crippen LogP) is 4.46. The molecule has 2 aromatic carbocycles. The fraction of sp³-hybridized carbons (Fsp3) is 0.457. The lowest BCUT2D eigenvalue weighted by Gasteiger charge is -2.36. The number of aliphatic hydroxyl groups is 1. The van der Waals surface area contributed by atoms with Gasteiger partial charge in [0.1, 0.15) is 11.5 Å². The van der Waals surface area contributed by atoms with Crippen LogP contribution < -0.4 is 14.2 Å².